The fraction of sp³-hybridized carbons (Fsp3) is 0.556. The van der Waals surface area contributed by atoms with Gasteiger partial charge in [0.15, 0.2) is 0 Å². The molecule has 7 nitrogen and oxygen atoms in total. The summed E-state index contributed by atoms with van der Waals surface area (Å²) in [5.74, 6) is 0.895. The fourth-order valence-electron chi connectivity index (χ4n) is 2.97. The summed E-state index contributed by atoms with van der Waals surface area (Å²) in [5.41, 5.74) is 1.99. The molecule has 0 unspecified atom stereocenters. The summed E-state index contributed by atoms with van der Waals surface area (Å²) < 4.78 is 5.33. The number of benzene rings is 1. The second-order valence-corrected chi connectivity index (χ2v) is 6.29. The SMILES string of the molecule is O=C(NCCCCN1CCOCC1)NCCc1nc2ccccc2[nH]1. The zero-order valence-corrected chi connectivity index (χ0v) is 14.6. The van der Waals surface area contributed by atoms with E-state index < -0.39 is 0 Å². The lowest BCUT2D eigenvalue weighted by Crippen LogP contribution is -2.38. The van der Waals surface area contributed by atoms with Gasteiger partial charge in [0.25, 0.3) is 0 Å². The normalized spacial score (nSPS) is 15.4. The van der Waals surface area contributed by atoms with Gasteiger partial charge in [0.05, 0.1) is 24.2 Å². The number of imidazole rings is 1. The van der Waals surface area contributed by atoms with Gasteiger partial charge in [-0.2, -0.15) is 0 Å². The number of amides is 2. The average Bonchev–Trinajstić information content (AvgIpc) is 3.05. The zero-order valence-electron chi connectivity index (χ0n) is 14.6. The lowest BCUT2D eigenvalue weighted by Gasteiger charge is -2.26. The molecule has 0 spiro atoms. The summed E-state index contributed by atoms with van der Waals surface area (Å²) in [4.78, 5) is 22.0. The second-order valence-electron chi connectivity index (χ2n) is 6.29. The van der Waals surface area contributed by atoms with E-state index in [0.29, 0.717) is 19.5 Å². The van der Waals surface area contributed by atoms with Gasteiger partial charge in [-0.3, -0.25) is 4.90 Å². The summed E-state index contributed by atoms with van der Waals surface area (Å²) in [6.07, 6.45) is 2.78. The molecule has 0 bridgehead atoms. The molecule has 2 heterocycles. The van der Waals surface area contributed by atoms with Crippen LogP contribution < -0.4 is 10.6 Å². The number of morpholine rings is 1. The standard InChI is InChI=1S/C18H27N5O2/c24-18(19-8-3-4-10-23-11-13-25-14-12-23)20-9-7-17-21-15-5-1-2-6-16(15)22-17/h1-2,5-6H,3-4,7-14H2,(H,21,22)(H2,19,20,24). The number of para-hydroxylation sites is 2. The average molecular weight is 345 g/mol. The number of aromatic amines is 1. The van der Waals surface area contributed by atoms with Crippen LogP contribution in [0.5, 0.6) is 0 Å². The number of nitrogens with one attached hydrogen (secondary N) is 3. The predicted molar refractivity (Wildman–Crippen MR) is 97.7 cm³/mol. The smallest absolute Gasteiger partial charge is 0.314 e. The summed E-state index contributed by atoms with van der Waals surface area (Å²) >= 11 is 0. The van der Waals surface area contributed by atoms with Crippen molar-refractivity contribution in [1.82, 2.24) is 25.5 Å². The zero-order chi connectivity index (χ0) is 17.3. The minimum absolute atomic E-state index is 0.109. The quantitative estimate of drug-likeness (QED) is 0.634. The van der Waals surface area contributed by atoms with Crippen molar-refractivity contribution in [3.63, 3.8) is 0 Å². The van der Waals surface area contributed by atoms with Crippen LogP contribution in [0.1, 0.15) is 18.7 Å². The summed E-state index contributed by atoms with van der Waals surface area (Å²) in [7, 11) is 0. The Kier molecular flexibility index (Phi) is 6.64. The topological polar surface area (TPSA) is 82.3 Å². The van der Waals surface area contributed by atoms with Crippen molar-refractivity contribution in [1.29, 1.82) is 0 Å². The maximum atomic E-state index is 11.8. The molecule has 1 fully saturated rings. The predicted octanol–water partition coefficient (Wildman–Crippen LogP) is 1.52. The molecule has 136 valence electrons. The van der Waals surface area contributed by atoms with E-state index in [1.165, 1.54) is 0 Å². The van der Waals surface area contributed by atoms with Crippen molar-refractivity contribution in [2.24, 2.45) is 0 Å². The number of urea groups is 1. The first-order valence-corrected chi connectivity index (χ1v) is 9.07. The van der Waals surface area contributed by atoms with E-state index in [2.05, 4.69) is 25.5 Å². The molecule has 1 saturated heterocycles. The van der Waals surface area contributed by atoms with Gasteiger partial charge in [-0.1, -0.05) is 12.1 Å². The molecule has 1 aliphatic rings. The molecule has 3 N–H and O–H groups in total. The Morgan fingerprint density at radius 1 is 1.16 bits per heavy atom. The molecular weight excluding hydrogens is 318 g/mol. The van der Waals surface area contributed by atoms with Gasteiger partial charge in [-0.15, -0.1) is 0 Å². The highest BCUT2D eigenvalue weighted by atomic mass is 16.5. The number of aromatic nitrogens is 2. The second kappa shape index (κ2) is 9.39. The molecule has 3 rings (SSSR count). The minimum atomic E-state index is -0.109. The van der Waals surface area contributed by atoms with Crippen molar-refractivity contribution in [3.05, 3.63) is 30.1 Å². The first-order chi connectivity index (χ1) is 12.3. The third kappa shape index (κ3) is 5.72. The monoisotopic (exact) mass is 345 g/mol. The molecule has 0 aliphatic carbocycles. The van der Waals surface area contributed by atoms with Crippen molar-refractivity contribution in [2.45, 2.75) is 19.3 Å². The first kappa shape index (κ1) is 17.7. The number of hydrogen-bond acceptors (Lipinski definition) is 4. The largest absolute Gasteiger partial charge is 0.379 e. The summed E-state index contributed by atoms with van der Waals surface area (Å²) in [6, 6.07) is 7.82. The number of carbonyl (C=O) groups is 1. The van der Waals surface area contributed by atoms with E-state index in [-0.39, 0.29) is 6.03 Å². The van der Waals surface area contributed by atoms with Crippen LogP contribution in [0.25, 0.3) is 11.0 Å². The number of ether oxygens (including phenoxy) is 1. The number of carbonyl (C=O) groups excluding carboxylic acids is 1. The van der Waals surface area contributed by atoms with E-state index in [1.54, 1.807) is 0 Å². The van der Waals surface area contributed by atoms with Gasteiger partial charge in [0.2, 0.25) is 0 Å². The van der Waals surface area contributed by atoms with Crippen LogP contribution in [-0.2, 0) is 11.2 Å². The molecule has 0 saturated carbocycles. The summed E-state index contributed by atoms with van der Waals surface area (Å²) in [6.45, 7) is 6.09. The molecule has 1 aromatic carbocycles. The number of H-pyrrole nitrogens is 1. The van der Waals surface area contributed by atoms with Crippen LogP contribution in [-0.4, -0.2) is 66.8 Å². The first-order valence-electron chi connectivity index (χ1n) is 9.07. The maximum absolute atomic E-state index is 11.8. The molecule has 2 amide bonds. The number of unbranched alkanes of at least 4 members (excludes halogenated alkanes) is 1. The number of hydrogen-bond donors (Lipinski definition) is 3. The third-order valence-electron chi connectivity index (χ3n) is 4.38. The minimum Gasteiger partial charge on any atom is -0.379 e. The Morgan fingerprint density at radius 2 is 1.96 bits per heavy atom. The molecule has 1 aliphatic heterocycles. The third-order valence-corrected chi connectivity index (χ3v) is 4.38. The molecule has 1 aromatic heterocycles. The van der Waals surface area contributed by atoms with Crippen LogP contribution >= 0.6 is 0 Å². The lowest BCUT2D eigenvalue weighted by molar-refractivity contribution is 0.0372. The van der Waals surface area contributed by atoms with Gasteiger partial charge >= 0.3 is 6.03 Å². The van der Waals surface area contributed by atoms with E-state index in [9.17, 15) is 4.79 Å². The molecule has 25 heavy (non-hydrogen) atoms. The summed E-state index contributed by atoms with van der Waals surface area (Å²) in [5, 5.41) is 5.79. The van der Waals surface area contributed by atoms with Crippen molar-refractivity contribution < 1.29 is 9.53 Å². The van der Waals surface area contributed by atoms with Crippen LogP contribution in [0.4, 0.5) is 4.79 Å². The Morgan fingerprint density at radius 3 is 2.80 bits per heavy atom. The molecule has 0 radical (unpaired) electrons. The highest BCUT2D eigenvalue weighted by molar-refractivity contribution is 5.75. The van der Waals surface area contributed by atoms with Crippen molar-refractivity contribution >= 4 is 17.1 Å². The van der Waals surface area contributed by atoms with Crippen LogP contribution in [0.2, 0.25) is 0 Å². The van der Waals surface area contributed by atoms with Gasteiger partial charge in [-0.25, -0.2) is 9.78 Å². The highest BCUT2D eigenvalue weighted by Crippen LogP contribution is 2.10. The van der Waals surface area contributed by atoms with E-state index in [0.717, 1.165) is 62.5 Å². The Bertz CT molecular complexity index is 633. The van der Waals surface area contributed by atoms with Crippen molar-refractivity contribution in [2.75, 3.05) is 45.9 Å². The molecular formula is C18H27N5O2. The maximum Gasteiger partial charge on any atom is 0.314 e. The van der Waals surface area contributed by atoms with Gasteiger partial charge in [-0.05, 0) is 31.5 Å². The van der Waals surface area contributed by atoms with Gasteiger partial charge in [0, 0.05) is 32.6 Å². The molecule has 0 atom stereocenters. The lowest BCUT2D eigenvalue weighted by atomic mass is 10.3. The molecule has 7 heteroatoms. The van der Waals surface area contributed by atoms with E-state index in [4.69, 9.17) is 4.74 Å². The van der Waals surface area contributed by atoms with Crippen LogP contribution in [0.3, 0.4) is 0 Å². The Balaban J connectivity index is 1.24. The Hall–Kier alpha value is -2.12. The fourth-order valence-corrected chi connectivity index (χ4v) is 2.97. The highest BCUT2D eigenvalue weighted by Gasteiger charge is 2.09. The number of nitrogens with zero attached hydrogens (tertiary/aromatic N) is 2. The number of rotatable bonds is 8. The molecule has 2 aromatic rings. The van der Waals surface area contributed by atoms with Gasteiger partial charge < -0.3 is 20.4 Å². The van der Waals surface area contributed by atoms with E-state index in [1.807, 2.05) is 24.3 Å². The van der Waals surface area contributed by atoms with Crippen molar-refractivity contribution in [3.8, 4) is 0 Å². The van der Waals surface area contributed by atoms with Crippen LogP contribution in [0, 0.1) is 0 Å². The van der Waals surface area contributed by atoms with Crippen LogP contribution in [0.15, 0.2) is 24.3 Å². The van der Waals surface area contributed by atoms with Gasteiger partial charge in [0.1, 0.15) is 5.82 Å². The Labute approximate surface area is 148 Å². The number of fused-ring (bicyclic) bond motifs is 1. The van der Waals surface area contributed by atoms with E-state index >= 15 is 0 Å².